The van der Waals surface area contributed by atoms with Crippen LogP contribution in [0, 0.1) is 0 Å². The predicted octanol–water partition coefficient (Wildman–Crippen LogP) is 0.0871. The van der Waals surface area contributed by atoms with E-state index in [0.29, 0.717) is 6.92 Å². The van der Waals surface area contributed by atoms with E-state index in [1.807, 2.05) is 0 Å². The van der Waals surface area contributed by atoms with E-state index in [1.165, 1.54) is 0 Å². The average Bonchev–Trinajstić information content (AvgIpc) is 1.65. The molecule has 0 aromatic carbocycles. The summed E-state index contributed by atoms with van der Waals surface area (Å²) in [6.45, 7) is 0.542. The van der Waals surface area contributed by atoms with Crippen molar-refractivity contribution in [2.45, 2.75) is 19.0 Å². The Morgan fingerprint density at radius 2 is 2.00 bits per heavy atom. The van der Waals surface area contributed by atoms with Gasteiger partial charge >= 0.3 is 5.97 Å². The zero-order valence-electron chi connectivity index (χ0n) is 4.64. The fourth-order valence-corrected chi connectivity index (χ4v) is 0.0933. The van der Waals surface area contributed by atoms with Gasteiger partial charge in [-0.1, -0.05) is 0 Å². The van der Waals surface area contributed by atoms with E-state index in [4.69, 9.17) is 10.2 Å². The molecule has 2 N–H and O–H groups in total. The van der Waals surface area contributed by atoms with Gasteiger partial charge in [0.2, 0.25) is 5.60 Å². The molecule has 3 nitrogen and oxygen atoms in total. The number of carbonyl (C=O) groups is 1. The van der Waals surface area contributed by atoms with Crippen molar-refractivity contribution in [3.05, 3.63) is 0 Å². The minimum absolute atomic E-state index is 0.542. The third-order valence-corrected chi connectivity index (χ3v) is 0.858. The number of alkyl halides is 2. The molecule has 0 bridgehead atoms. The molecule has 0 saturated heterocycles. The summed E-state index contributed by atoms with van der Waals surface area (Å²) in [6, 6.07) is 0. The van der Waals surface area contributed by atoms with Gasteiger partial charge in [-0.05, 0) is 6.92 Å². The second-order valence-corrected chi connectivity index (χ2v) is 1.75. The largest absolute Gasteiger partial charge is 0.479 e. The lowest BCUT2D eigenvalue weighted by Crippen LogP contribution is -2.42. The molecule has 0 aliphatic rings. The molecule has 9 heavy (non-hydrogen) atoms. The summed E-state index contributed by atoms with van der Waals surface area (Å²) < 4.78 is 22.9. The molecule has 0 radical (unpaired) electrons. The second-order valence-electron chi connectivity index (χ2n) is 1.75. The van der Waals surface area contributed by atoms with Crippen LogP contribution in [-0.4, -0.2) is 28.2 Å². The van der Waals surface area contributed by atoms with Crippen molar-refractivity contribution in [2.24, 2.45) is 0 Å². The van der Waals surface area contributed by atoms with Gasteiger partial charge in [0.05, 0.1) is 0 Å². The molecule has 0 saturated carbocycles. The van der Waals surface area contributed by atoms with Gasteiger partial charge in [-0.3, -0.25) is 0 Å². The van der Waals surface area contributed by atoms with Crippen LogP contribution in [0.1, 0.15) is 6.92 Å². The van der Waals surface area contributed by atoms with E-state index in [2.05, 4.69) is 0 Å². The van der Waals surface area contributed by atoms with Crippen LogP contribution in [-0.2, 0) is 4.79 Å². The first-order chi connectivity index (χ1) is 3.89. The van der Waals surface area contributed by atoms with Crippen molar-refractivity contribution in [1.29, 1.82) is 0 Å². The first kappa shape index (κ1) is 8.29. The molecule has 0 spiro atoms. The highest BCUT2D eigenvalue weighted by Crippen LogP contribution is 2.14. The molecule has 5 heteroatoms. The van der Waals surface area contributed by atoms with Crippen LogP contribution < -0.4 is 0 Å². The molecule has 0 fully saturated rings. The Hall–Kier alpha value is -0.710. The van der Waals surface area contributed by atoms with Gasteiger partial charge in [0.25, 0.3) is 6.43 Å². The van der Waals surface area contributed by atoms with E-state index in [9.17, 15) is 13.6 Å². The smallest absolute Gasteiger partial charge is 0.341 e. The first-order valence-electron chi connectivity index (χ1n) is 2.13. The molecule has 0 aromatic heterocycles. The van der Waals surface area contributed by atoms with Crippen molar-refractivity contribution in [3.63, 3.8) is 0 Å². The molecule has 0 heterocycles. The van der Waals surface area contributed by atoms with Crippen molar-refractivity contribution < 1.29 is 23.8 Å². The van der Waals surface area contributed by atoms with Crippen LogP contribution in [0.2, 0.25) is 0 Å². The Balaban J connectivity index is 4.19. The summed E-state index contributed by atoms with van der Waals surface area (Å²) in [4.78, 5) is 9.73. The fraction of sp³-hybridized carbons (Fsp3) is 0.750. The van der Waals surface area contributed by atoms with Gasteiger partial charge in [-0.15, -0.1) is 0 Å². The maximum atomic E-state index is 11.4. The highest BCUT2D eigenvalue weighted by Gasteiger charge is 2.40. The lowest BCUT2D eigenvalue weighted by molar-refractivity contribution is -0.172. The van der Waals surface area contributed by atoms with Crippen LogP contribution >= 0.6 is 0 Å². The molecule has 0 amide bonds. The molecule has 0 rings (SSSR count). The van der Waals surface area contributed by atoms with Gasteiger partial charge in [0, 0.05) is 0 Å². The molecule has 0 aromatic rings. The summed E-state index contributed by atoms with van der Waals surface area (Å²) in [7, 11) is 0. The molecular formula is C4H6F2O3. The highest BCUT2D eigenvalue weighted by atomic mass is 19.3. The molecule has 54 valence electrons. The van der Waals surface area contributed by atoms with Gasteiger partial charge in [-0.2, -0.15) is 0 Å². The standard InChI is InChI=1S/C4H6F2O3/c1-4(9,2(5)6)3(7)8/h2,9H,1H3,(H,7,8). The van der Waals surface area contributed by atoms with E-state index in [-0.39, 0.29) is 0 Å². The van der Waals surface area contributed by atoms with Crippen molar-refractivity contribution in [2.75, 3.05) is 0 Å². The Labute approximate surface area is 49.9 Å². The second kappa shape index (κ2) is 2.26. The number of aliphatic hydroxyl groups is 1. The van der Waals surface area contributed by atoms with Crippen molar-refractivity contribution in [3.8, 4) is 0 Å². The minimum Gasteiger partial charge on any atom is -0.479 e. The minimum atomic E-state index is -3.25. The number of carboxylic acids is 1. The Bertz CT molecular complexity index is 121. The summed E-state index contributed by atoms with van der Waals surface area (Å²) in [6.07, 6.45) is -3.25. The zero-order valence-corrected chi connectivity index (χ0v) is 4.64. The number of hydrogen-bond donors (Lipinski definition) is 2. The predicted molar refractivity (Wildman–Crippen MR) is 24.3 cm³/mol. The SMILES string of the molecule is CC(O)(C(=O)O)C(F)F. The Kier molecular flexibility index (Phi) is 2.08. The quantitative estimate of drug-likeness (QED) is 0.571. The lowest BCUT2D eigenvalue weighted by Gasteiger charge is -2.15. The summed E-state index contributed by atoms with van der Waals surface area (Å²) in [5.74, 6) is -1.92. The number of carboxylic acid groups (broad SMARTS) is 1. The third-order valence-electron chi connectivity index (χ3n) is 0.858. The topological polar surface area (TPSA) is 57.5 Å². The van der Waals surface area contributed by atoms with Crippen LogP contribution in [0.5, 0.6) is 0 Å². The van der Waals surface area contributed by atoms with E-state index < -0.39 is 18.0 Å². The molecule has 0 aliphatic carbocycles. The summed E-state index contributed by atoms with van der Waals surface area (Å²) >= 11 is 0. The lowest BCUT2D eigenvalue weighted by atomic mass is 10.1. The highest BCUT2D eigenvalue weighted by molar-refractivity contribution is 5.77. The summed E-state index contributed by atoms with van der Waals surface area (Å²) in [5.41, 5.74) is -2.92. The summed E-state index contributed by atoms with van der Waals surface area (Å²) in [5, 5.41) is 16.2. The first-order valence-corrected chi connectivity index (χ1v) is 2.13. The van der Waals surface area contributed by atoms with Crippen molar-refractivity contribution >= 4 is 5.97 Å². The molecule has 0 aliphatic heterocycles. The van der Waals surface area contributed by atoms with Crippen molar-refractivity contribution in [1.82, 2.24) is 0 Å². The van der Waals surface area contributed by atoms with Gasteiger partial charge in [0.1, 0.15) is 0 Å². The maximum absolute atomic E-state index is 11.4. The maximum Gasteiger partial charge on any atom is 0.341 e. The van der Waals surface area contributed by atoms with Crippen LogP contribution in [0.25, 0.3) is 0 Å². The van der Waals surface area contributed by atoms with Crippen LogP contribution in [0.4, 0.5) is 8.78 Å². The fourth-order valence-electron chi connectivity index (χ4n) is 0.0933. The zero-order chi connectivity index (χ0) is 7.65. The Morgan fingerprint density at radius 1 is 1.67 bits per heavy atom. The van der Waals surface area contributed by atoms with Crippen LogP contribution in [0.15, 0.2) is 0 Å². The third kappa shape index (κ3) is 1.60. The number of rotatable bonds is 2. The number of hydrogen-bond acceptors (Lipinski definition) is 2. The molecule has 1 unspecified atom stereocenters. The molecular weight excluding hydrogens is 134 g/mol. The van der Waals surface area contributed by atoms with Gasteiger partial charge < -0.3 is 10.2 Å². The van der Waals surface area contributed by atoms with E-state index in [1.54, 1.807) is 0 Å². The number of halogens is 2. The van der Waals surface area contributed by atoms with Crippen LogP contribution in [0.3, 0.4) is 0 Å². The number of aliphatic carboxylic acids is 1. The van der Waals surface area contributed by atoms with Gasteiger partial charge in [-0.25, -0.2) is 13.6 Å². The normalized spacial score (nSPS) is 17.4. The van der Waals surface area contributed by atoms with Gasteiger partial charge in [0.15, 0.2) is 0 Å². The van der Waals surface area contributed by atoms with E-state index in [0.717, 1.165) is 0 Å². The Morgan fingerprint density at radius 3 is 2.00 bits per heavy atom. The van der Waals surface area contributed by atoms with E-state index >= 15 is 0 Å². The molecule has 1 atom stereocenters. The monoisotopic (exact) mass is 140 g/mol. The average molecular weight is 140 g/mol.